The summed E-state index contributed by atoms with van der Waals surface area (Å²) in [5.74, 6) is -0.728. The lowest BCUT2D eigenvalue weighted by atomic mass is 10.1. The summed E-state index contributed by atoms with van der Waals surface area (Å²) in [6.07, 6.45) is 8.47. The zero-order valence-electron chi connectivity index (χ0n) is 9.76. The van der Waals surface area contributed by atoms with Crippen LogP contribution in [0.15, 0.2) is 18.3 Å². The first-order chi connectivity index (χ1) is 8.27. The van der Waals surface area contributed by atoms with Crippen LogP contribution in [0, 0.1) is 0 Å². The molecule has 4 heteroatoms. The van der Waals surface area contributed by atoms with Gasteiger partial charge in [-0.15, -0.1) is 0 Å². The number of aromatic carboxylic acids is 1. The highest BCUT2D eigenvalue weighted by Crippen LogP contribution is 2.23. The lowest BCUT2D eigenvalue weighted by molar-refractivity contribution is 0.0686. The Morgan fingerprint density at radius 1 is 1.29 bits per heavy atom. The van der Waals surface area contributed by atoms with Crippen LogP contribution in [-0.2, 0) is 0 Å². The van der Waals surface area contributed by atoms with Crippen LogP contribution in [0.1, 0.15) is 48.9 Å². The minimum absolute atomic E-state index is 0.116. The first-order valence-corrected chi connectivity index (χ1v) is 6.12. The predicted molar refractivity (Wildman–Crippen MR) is 63.3 cm³/mol. The molecule has 0 unspecified atom stereocenters. The highest BCUT2D eigenvalue weighted by molar-refractivity contribution is 5.90. The average molecular weight is 235 g/mol. The summed E-state index contributed by atoms with van der Waals surface area (Å²) >= 11 is 0. The van der Waals surface area contributed by atoms with Crippen LogP contribution in [0.25, 0.3) is 0 Å². The number of hydrogen-bond acceptors (Lipinski definition) is 3. The van der Waals surface area contributed by atoms with Gasteiger partial charge in [-0.1, -0.05) is 12.8 Å². The quantitative estimate of drug-likeness (QED) is 0.818. The molecule has 1 aromatic rings. The Hall–Kier alpha value is -1.58. The number of carboxylic acids is 1. The molecule has 4 nitrogen and oxygen atoms in total. The van der Waals surface area contributed by atoms with E-state index in [1.165, 1.54) is 18.9 Å². The Morgan fingerprint density at radius 2 is 2.00 bits per heavy atom. The number of carbonyl (C=O) groups is 1. The average Bonchev–Trinajstić information content (AvgIpc) is 2.58. The lowest BCUT2D eigenvalue weighted by Gasteiger charge is -2.17. The first kappa shape index (κ1) is 11.9. The molecule has 0 amide bonds. The van der Waals surface area contributed by atoms with Crippen molar-refractivity contribution in [1.29, 1.82) is 0 Å². The number of carboxylic acid groups (broad SMARTS) is 1. The fraction of sp³-hybridized carbons (Fsp3) is 0.538. The van der Waals surface area contributed by atoms with E-state index >= 15 is 0 Å². The van der Waals surface area contributed by atoms with E-state index in [9.17, 15) is 4.79 Å². The summed E-state index contributed by atoms with van der Waals surface area (Å²) in [6.45, 7) is 0. The third kappa shape index (κ3) is 3.19. The molecule has 0 spiro atoms. The number of aromatic nitrogens is 1. The van der Waals surface area contributed by atoms with E-state index in [0.29, 0.717) is 0 Å². The maximum atomic E-state index is 11.0. The molecular weight excluding hydrogens is 218 g/mol. The van der Waals surface area contributed by atoms with Gasteiger partial charge in [-0.3, -0.25) is 0 Å². The van der Waals surface area contributed by atoms with Crippen molar-refractivity contribution in [2.24, 2.45) is 0 Å². The second kappa shape index (κ2) is 5.66. The van der Waals surface area contributed by atoms with Crippen LogP contribution >= 0.6 is 0 Å². The van der Waals surface area contributed by atoms with E-state index < -0.39 is 5.97 Å². The molecule has 1 fully saturated rings. The Morgan fingerprint density at radius 3 is 2.65 bits per heavy atom. The summed E-state index contributed by atoms with van der Waals surface area (Å²) in [6, 6.07) is 3.14. The molecular formula is C13H17NO3. The molecule has 2 rings (SSSR count). The molecule has 1 heterocycles. The van der Waals surface area contributed by atoms with Gasteiger partial charge in [-0.2, -0.15) is 0 Å². The maximum absolute atomic E-state index is 11.0. The normalized spacial score (nSPS) is 17.4. The molecule has 1 aromatic heterocycles. The molecule has 0 bridgehead atoms. The Kier molecular flexibility index (Phi) is 3.96. The second-order valence-corrected chi connectivity index (χ2v) is 4.39. The highest BCUT2D eigenvalue weighted by atomic mass is 16.5. The van der Waals surface area contributed by atoms with Crippen molar-refractivity contribution in [2.45, 2.75) is 44.6 Å². The third-order valence-electron chi connectivity index (χ3n) is 3.08. The highest BCUT2D eigenvalue weighted by Gasteiger charge is 2.18. The number of pyridine rings is 1. The van der Waals surface area contributed by atoms with Crippen molar-refractivity contribution >= 4 is 5.97 Å². The molecule has 0 aliphatic heterocycles. The van der Waals surface area contributed by atoms with Crippen molar-refractivity contribution in [3.05, 3.63) is 23.9 Å². The Bertz CT molecular complexity index is 384. The van der Waals surface area contributed by atoms with Crippen molar-refractivity contribution in [2.75, 3.05) is 0 Å². The topological polar surface area (TPSA) is 59.4 Å². The number of rotatable bonds is 3. The van der Waals surface area contributed by atoms with Gasteiger partial charge in [0.1, 0.15) is 11.7 Å². The number of hydrogen-bond donors (Lipinski definition) is 1. The molecule has 92 valence electrons. The first-order valence-electron chi connectivity index (χ1n) is 6.12. The molecule has 0 radical (unpaired) electrons. The summed E-state index contributed by atoms with van der Waals surface area (Å²) < 4.78 is 5.74. The molecule has 1 aliphatic carbocycles. The summed E-state index contributed by atoms with van der Waals surface area (Å²) in [5, 5.41) is 9.03. The van der Waals surface area contributed by atoms with Crippen LogP contribution in [0.5, 0.6) is 5.88 Å². The van der Waals surface area contributed by atoms with Gasteiger partial charge in [0.05, 0.1) is 0 Å². The molecule has 0 atom stereocenters. The van der Waals surface area contributed by atoms with Crippen molar-refractivity contribution < 1.29 is 14.6 Å². The second-order valence-electron chi connectivity index (χ2n) is 4.39. The van der Waals surface area contributed by atoms with Gasteiger partial charge in [0.2, 0.25) is 5.88 Å². The van der Waals surface area contributed by atoms with E-state index in [4.69, 9.17) is 9.84 Å². The van der Waals surface area contributed by atoms with Crippen molar-refractivity contribution in [3.63, 3.8) is 0 Å². The van der Waals surface area contributed by atoms with Crippen LogP contribution < -0.4 is 4.74 Å². The van der Waals surface area contributed by atoms with Gasteiger partial charge in [0.15, 0.2) is 0 Å². The Balaban J connectivity index is 2.09. The standard InChI is InChI=1S/C13H17NO3/c15-13(16)11-8-5-9-14-12(11)17-10-6-3-1-2-4-7-10/h5,8-10H,1-4,6-7H2,(H,15,16). The fourth-order valence-electron chi connectivity index (χ4n) is 2.17. The minimum Gasteiger partial charge on any atom is -0.477 e. The smallest absolute Gasteiger partial charge is 0.341 e. The maximum Gasteiger partial charge on any atom is 0.341 e. The fourth-order valence-corrected chi connectivity index (χ4v) is 2.17. The van der Waals surface area contributed by atoms with Gasteiger partial charge in [-0.25, -0.2) is 9.78 Å². The molecule has 0 saturated heterocycles. The lowest BCUT2D eigenvalue weighted by Crippen LogP contribution is -2.17. The predicted octanol–water partition coefficient (Wildman–Crippen LogP) is 2.88. The Labute approximate surface area is 101 Å². The molecule has 1 aliphatic rings. The third-order valence-corrected chi connectivity index (χ3v) is 3.08. The minimum atomic E-state index is -0.985. The summed E-state index contributed by atoms with van der Waals surface area (Å²) in [7, 11) is 0. The zero-order valence-corrected chi connectivity index (χ0v) is 9.76. The van der Waals surface area contributed by atoms with Gasteiger partial charge in [0, 0.05) is 6.20 Å². The zero-order chi connectivity index (χ0) is 12.1. The van der Waals surface area contributed by atoms with E-state index in [1.54, 1.807) is 12.3 Å². The van der Waals surface area contributed by atoms with Crippen LogP contribution in [-0.4, -0.2) is 22.2 Å². The molecule has 1 N–H and O–H groups in total. The van der Waals surface area contributed by atoms with Crippen molar-refractivity contribution in [1.82, 2.24) is 4.98 Å². The van der Waals surface area contributed by atoms with Crippen LogP contribution in [0.2, 0.25) is 0 Å². The van der Waals surface area contributed by atoms with Gasteiger partial charge < -0.3 is 9.84 Å². The van der Waals surface area contributed by atoms with E-state index in [0.717, 1.165) is 25.7 Å². The molecule has 0 aromatic carbocycles. The molecule has 17 heavy (non-hydrogen) atoms. The van der Waals surface area contributed by atoms with Crippen molar-refractivity contribution in [3.8, 4) is 5.88 Å². The molecule has 1 saturated carbocycles. The van der Waals surface area contributed by atoms with E-state index in [1.807, 2.05) is 0 Å². The summed E-state index contributed by atoms with van der Waals surface area (Å²) in [4.78, 5) is 15.0. The number of ether oxygens (including phenoxy) is 1. The number of nitrogens with zero attached hydrogens (tertiary/aromatic N) is 1. The largest absolute Gasteiger partial charge is 0.477 e. The summed E-state index contributed by atoms with van der Waals surface area (Å²) in [5.41, 5.74) is 0.150. The van der Waals surface area contributed by atoms with Gasteiger partial charge >= 0.3 is 5.97 Å². The van der Waals surface area contributed by atoms with Gasteiger partial charge in [-0.05, 0) is 37.8 Å². The van der Waals surface area contributed by atoms with Crippen LogP contribution in [0.4, 0.5) is 0 Å². The SMILES string of the molecule is O=C(O)c1cccnc1OC1CCCCCC1. The van der Waals surface area contributed by atoms with Gasteiger partial charge in [0.25, 0.3) is 0 Å². The van der Waals surface area contributed by atoms with E-state index in [2.05, 4.69) is 4.98 Å². The monoisotopic (exact) mass is 235 g/mol. The van der Waals surface area contributed by atoms with E-state index in [-0.39, 0.29) is 17.5 Å². The van der Waals surface area contributed by atoms with Crippen LogP contribution in [0.3, 0.4) is 0 Å².